The van der Waals surface area contributed by atoms with Crippen molar-refractivity contribution in [3.63, 3.8) is 0 Å². The number of H-pyrrole nitrogens is 1. The van der Waals surface area contributed by atoms with Gasteiger partial charge in [0.05, 0.1) is 43.8 Å². The zero-order valence-electron chi connectivity index (χ0n) is 19.9. The van der Waals surface area contributed by atoms with Crippen LogP contribution in [0.5, 0.6) is 5.88 Å². The lowest BCUT2D eigenvalue weighted by Crippen LogP contribution is -2.58. The van der Waals surface area contributed by atoms with Crippen LogP contribution >= 0.6 is 0 Å². The van der Waals surface area contributed by atoms with Gasteiger partial charge in [-0.15, -0.1) is 0 Å². The molecule has 4 heterocycles. The molecule has 0 spiro atoms. The van der Waals surface area contributed by atoms with Crippen molar-refractivity contribution in [1.82, 2.24) is 25.1 Å². The Morgan fingerprint density at radius 2 is 2.00 bits per heavy atom. The summed E-state index contributed by atoms with van der Waals surface area (Å²) in [4.78, 5) is 34.9. The molecule has 2 atom stereocenters. The maximum Gasteiger partial charge on any atom is 0.435 e. The van der Waals surface area contributed by atoms with E-state index in [0.717, 1.165) is 6.20 Å². The van der Waals surface area contributed by atoms with Crippen LogP contribution in [0.3, 0.4) is 0 Å². The molecule has 0 radical (unpaired) electrons. The second-order valence-electron chi connectivity index (χ2n) is 8.74. The van der Waals surface area contributed by atoms with Crippen molar-refractivity contribution >= 4 is 17.4 Å². The SMILES string of the molecule is C[C@@H](COCCC(=O)N1CCN2c3ncc(C(F)(F)F)nc3OC[C@@H]2C1)Nc1cn[nH]c(=O)c1C(F)(F)F. The number of piperazine rings is 1. The molecule has 2 aromatic rings. The largest absolute Gasteiger partial charge is 0.473 e. The quantitative estimate of drug-likeness (QED) is 0.392. The summed E-state index contributed by atoms with van der Waals surface area (Å²) in [5.74, 6) is -0.242. The molecule has 2 aliphatic rings. The van der Waals surface area contributed by atoms with Gasteiger partial charge in [0.2, 0.25) is 5.91 Å². The Balaban J connectivity index is 1.24. The zero-order valence-corrected chi connectivity index (χ0v) is 19.9. The molecule has 17 heteroatoms. The Morgan fingerprint density at radius 1 is 1.24 bits per heavy atom. The van der Waals surface area contributed by atoms with Crippen LogP contribution in [0.1, 0.15) is 24.6 Å². The van der Waals surface area contributed by atoms with Crippen LogP contribution in [-0.2, 0) is 21.9 Å². The van der Waals surface area contributed by atoms with E-state index in [1.54, 1.807) is 21.8 Å². The average Bonchev–Trinajstić information content (AvgIpc) is 2.84. The van der Waals surface area contributed by atoms with Crippen LogP contribution in [0.25, 0.3) is 0 Å². The first-order valence-corrected chi connectivity index (χ1v) is 11.4. The molecule has 0 saturated carbocycles. The van der Waals surface area contributed by atoms with Gasteiger partial charge in [-0.1, -0.05) is 0 Å². The van der Waals surface area contributed by atoms with Gasteiger partial charge in [0.25, 0.3) is 11.4 Å². The van der Waals surface area contributed by atoms with Crippen molar-refractivity contribution in [2.24, 2.45) is 0 Å². The number of alkyl halides is 6. The third kappa shape index (κ3) is 6.08. The molecule has 1 amide bonds. The molecule has 1 fully saturated rings. The van der Waals surface area contributed by atoms with Crippen molar-refractivity contribution in [2.75, 3.05) is 49.7 Å². The van der Waals surface area contributed by atoms with Gasteiger partial charge in [-0.2, -0.15) is 31.4 Å². The van der Waals surface area contributed by atoms with E-state index in [4.69, 9.17) is 9.47 Å². The van der Waals surface area contributed by atoms with Gasteiger partial charge in [-0.25, -0.2) is 15.1 Å². The lowest BCUT2D eigenvalue weighted by Gasteiger charge is -2.44. The van der Waals surface area contributed by atoms with E-state index in [0.29, 0.717) is 19.3 Å². The lowest BCUT2D eigenvalue weighted by molar-refractivity contribution is -0.142. The highest BCUT2D eigenvalue weighted by Crippen LogP contribution is 2.36. The minimum atomic E-state index is -4.88. The van der Waals surface area contributed by atoms with Crippen molar-refractivity contribution in [1.29, 1.82) is 0 Å². The molecule has 208 valence electrons. The van der Waals surface area contributed by atoms with Gasteiger partial charge in [0.1, 0.15) is 12.2 Å². The minimum Gasteiger partial charge on any atom is -0.473 e. The maximum absolute atomic E-state index is 13.1. The number of amides is 1. The molecule has 2 aliphatic heterocycles. The summed E-state index contributed by atoms with van der Waals surface area (Å²) in [6.45, 7) is 2.41. The van der Waals surface area contributed by atoms with E-state index in [-0.39, 0.29) is 56.4 Å². The minimum absolute atomic E-state index is 0.000509. The summed E-state index contributed by atoms with van der Waals surface area (Å²) in [6, 6.07) is -0.946. The number of aromatic amines is 1. The van der Waals surface area contributed by atoms with Crippen LogP contribution in [0.4, 0.5) is 37.8 Å². The first kappa shape index (κ1) is 27.4. The molecular weight excluding hydrogens is 528 g/mol. The number of nitrogens with zero attached hydrogens (tertiary/aromatic N) is 5. The van der Waals surface area contributed by atoms with Crippen LogP contribution in [-0.4, -0.2) is 82.5 Å². The number of hydrogen-bond donors (Lipinski definition) is 2. The van der Waals surface area contributed by atoms with Gasteiger partial charge < -0.3 is 24.6 Å². The molecular formula is C21H23F6N7O4. The number of halogens is 6. The summed E-state index contributed by atoms with van der Waals surface area (Å²) in [5.41, 5.74) is -4.40. The number of rotatable bonds is 7. The van der Waals surface area contributed by atoms with E-state index in [1.807, 2.05) is 0 Å². The molecule has 2 N–H and O–H groups in total. The monoisotopic (exact) mass is 551 g/mol. The van der Waals surface area contributed by atoms with Crippen molar-refractivity contribution in [3.8, 4) is 5.88 Å². The van der Waals surface area contributed by atoms with E-state index >= 15 is 0 Å². The van der Waals surface area contributed by atoms with Crippen molar-refractivity contribution in [3.05, 3.63) is 34.0 Å². The Hall–Kier alpha value is -3.63. The Morgan fingerprint density at radius 3 is 2.71 bits per heavy atom. The molecule has 1 saturated heterocycles. The number of anilines is 2. The van der Waals surface area contributed by atoms with Gasteiger partial charge in [0.15, 0.2) is 11.5 Å². The molecule has 0 aromatic carbocycles. The summed E-state index contributed by atoms with van der Waals surface area (Å²) >= 11 is 0. The molecule has 38 heavy (non-hydrogen) atoms. The Bertz CT molecular complexity index is 1220. The fourth-order valence-electron chi connectivity index (χ4n) is 4.15. The number of carbonyl (C=O) groups excluding carboxylic acids is 1. The maximum atomic E-state index is 13.1. The van der Waals surface area contributed by atoms with Crippen molar-refractivity contribution < 1.29 is 40.6 Å². The number of ether oxygens (including phenoxy) is 2. The predicted molar refractivity (Wildman–Crippen MR) is 119 cm³/mol. The normalized spacial score (nSPS) is 18.3. The van der Waals surface area contributed by atoms with Gasteiger partial charge in [-0.3, -0.25) is 9.59 Å². The molecule has 11 nitrogen and oxygen atoms in total. The highest BCUT2D eigenvalue weighted by molar-refractivity contribution is 5.76. The summed E-state index contributed by atoms with van der Waals surface area (Å²) in [7, 11) is 0. The predicted octanol–water partition coefficient (Wildman–Crippen LogP) is 1.91. The Kier molecular flexibility index (Phi) is 7.66. The third-order valence-corrected chi connectivity index (χ3v) is 5.90. The topological polar surface area (TPSA) is 126 Å². The zero-order chi connectivity index (χ0) is 27.7. The standard InChI is InChI=1S/C21H23F6N7O4/c1-11(30-13-6-29-32-18(36)16(13)21(25,26)27)9-37-5-2-15(35)33-3-4-34-12(8-33)10-38-19-17(34)28-7-14(31-19)20(22,23)24/h6-7,11-12H,2-5,8-10H2,1H3,(H2,30,32,36)/t11-,12-/m0/s1. The number of fused-ring (bicyclic) bond motifs is 3. The molecule has 2 aromatic heterocycles. The highest BCUT2D eigenvalue weighted by atomic mass is 19.4. The van der Waals surface area contributed by atoms with E-state index < -0.39 is 40.9 Å². The van der Waals surface area contributed by atoms with E-state index in [1.165, 1.54) is 0 Å². The number of aromatic nitrogens is 4. The van der Waals surface area contributed by atoms with Crippen LogP contribution in [0.15, 0.2) is 17.2 Å². The summed E-state index contributed by atoms with van der Waals surface area (Å²) < 4.78 is 88.9. The molecule has 0 aliphatic carbocycles. The third-order valence-electron chi connectivity index (χ3n) is 5.90. The molecule has 0 unspecified atom stereocenters. The summed E-state index contributed by atoms with van der Waals surface area (Å²) in [5, 5.41) is 7.68. The molecule has 0 bridgehead atoms. The summed E-state index contributed by atoms with van der Waals surface area (Å²) in [6.07, 6.45) is -8.01. The number of nitrogens with one attached hydrogen (secondary N) is 2. The van der Waals surface area contributed by atoms with Gasteiger partial charge in [-0.05, 0) is 6.92 Å². The second kappa shape index (κ2) is 10.6. The van der Waals surface area contributed by atoms with Gasteiger partial charge >= 0.3 is 12.4 Å². The fraction of sp³-hybridized carbons (Fsp3) is 0.571. The smallest absolute Gasteiger partial charge is 0.435 e. The Labute approximate surface area is 211 Å². The lowest BCUT2D eigenvalue weighted by atomic mass is 10.1. The first-order chi connectivity index (χ1) is 17.8. The number of carbonyl (C=O) groups is 1. The second-order valence-corrected chi connectivity index (χ2v) is 8.74. The van der Waals surface area contributed by atoms with Crippen LogP contribution in [0, 0.1) is 0 Å². The first-order valence-electron chi connectivity index (χ1n) is 11.4. The van der Waals surface area contributed by atoms with Crippen LogP contribution in [0.2, 0.25) is 0 Å². The highest BCUT2D eigenvalue weighted by Gasteiger charge is 2.40. The van der Waals surface area contributed by atoms with E-state index in [2.05, 4.69) is 20.4 Å². The molecule has 4 rings (SSSR count). The van der Waals surface area contributed by atoms with Crippen molar-refractivity contribution in [2.45, 2.75) is 37.8 Å². The average molecular weight is 551 g/mol. The number of hydrogen-bond acceptors (Lipinski definition) is 9. The van der Waals surface area contributed by atoms with Gasteiger partial charge in [0, 0.05) is 25.7 Å². The fourth-order valence-corrected chi connectivity index (χ4v) is 4.15. The van der Waals surface area contributed by atoms with Crippen LogP contribution < -0.4 is 20.5 Å². The van der Waals surface area contributed by atoms with E-state index in [9.17, 15) is 35.9 Å².